The molecule has 4 rings (SSSR count). The van der Waals surface area contributed by atoms with E-state index >= 15 is 0 Å². The molecule has 2 aromatic carbocycles. The highest BCUT2D eigenvalue weighted by Gasteiger charge is 2.33. The molecule has 1 aromatic heterocycles. The maximum Gasteiger partial charge on any atom is 0.151 e. The molecule has 2 atom stereocenters. The molecule has 27 heavy (non-hydrogen) atoms. The van der Waals surface area contributed by atoms with Gasteiger partial charge in [-0.05, 0) is 30.5 Å². The molecular weight excluding hydrogens is 340 g/mol. The normalized spacial score (nSPS) is 19.1. The molecule has 2 heterocycles. The van der Waals surface area contributed by atoms with Crippen LogP contribution in [0.1, 0.15) is 23.1 Å². The number of methoxy groups -OCH3 is 1. The van der Waals surface area contributed by atoms with Crippen LogP contribution < -0.4 is 4.74 Å². The number of aromatic nitrogens is 2. The second kappa shape index (κ2) is 7.71. The number of fused-ring (bicyclic) bond motifs is 3. The monoisotopic (exact) mass is 366 g/mol. The van der Waals surface area contributed by atoms with Gasteiger partial charge in [-0.25, -0.2) is 4.98 Å². The van der Waals surface area contributed by atoms with Crippen LogP contribution in [0.3, 0.4) is 0 Å². The van der Waals surface area contributed by atoms with Gasteiger partial charge in [-0.2, -0.15) is 0 Å². The van der Waals surface area contributed by atoms with Gasteiger partial charge in [-0.15, -0.1) is 0 Å². The first-order valence-electron chi connectivity index (χ1n) is 9.42. The minimum Gasteiger partial charge on any atom is -0.483 e. The predicted molar refractivity (Wildman–Crippen MR) is 105 cm³/mol. The molecule has 0 spiro atoms. The molecule has 0 saturated heterocycles. The fourth-order valence-electron chi connectivity index (χ4n) is 3.80. The molecule has 5 nitrogen and oxygen atoms in total. The number of ether oxygens (including phenoxy) is 3. The molecular formula is C22H26N2O3. The average molecular weight is 366 g/mol. The minimum atomic E-state index is -0.0471. The Morgan fingerprint density at radius 2 is 1.96 bits per heavy atom. The van der Waals surface area contributed by atoms with Crippen molar-refractivity contribution in [2.75, 3.05) is 26.9 Å². The number of aryl methyl sites for hydroxylation is 2. The van der Waals surface area contributed by atoms with E-state index in [1.807, 2.05) is 20.0 Å². The number of benzene rings is 2. The fraction of sp³-hybridized carbons (Fsp3) is 0.409. The van der Waals surface area contributed by atoms with E-state index in [1.165, 1.54) is 11.1 Å². The molecule has 0 saturated carbocycles. The van der Waals surface area contributed by atoms with E-state index in [9.17, 15) is 0 Å². The lowest BCUT2D eigenvalue weighted by Gasteiger charge is -2.34. The van der Waals surface area contributed by atoms with Gasteiger partial charge in [0.2, 0.25) is 0 Å². The molecule has 0 fully saturated rings. The molecule has 3 aromatic rings. The van der Waals surface area contributed by atoms with Crippen molar-refractivity contribution >= 4 is 11.0 Å². The smallest absolute Gasteiger partial charge is 0.151 e. The van der Waals surface area contributed by atoms with Gasteiger partial charge in [0.1, 0.15) is 17.4 Å². The minimum absolute atomic E-state index is 0.0471. The Balaban J connectivity index is 1.69. The van der Waals surface area contributed by atoms with Gasteiger partial charge in [0.15, 0.2) is 5.75 Å². The third-order valence-corrected chi connectivity index (χ3v) is 5.36. The van der Waals surface area contributed by atoms with Crippen LogP contribution in [0.4, 0.5) is 0 Å². The Labute approximate surface area is 159 Å². The fourth-order valence-corrected chi connectivity index (χ4v) is 3.80. The summed E-state index contributed by atoms with van der Waals surface area (Å²) >= 11 is 0. The zero-order valence-electron chi connectivity index (χ0n) is 16.1. The van der Waals surface area contributed by atoms with Gasteiger partial charge < -0.3 is 18.8 Å². The highest BCUT2D eigenvalue weighted by atomic mass is 16.5. The second-order valence-corrected chi connectivity index (χ2v) is 7.12. The molecule has 142 valence electrons. The summed E-state index contributed by atoms with van der Waals surface area (Å²) in [6.45, 7) is 3.87. The number of nitrogens with zero attached hydrogens (tertiary/aromatic N) is 2. The molecule has 1 aliphatic heterocycles. The van der Waals surface area contributed by atoms with E-state index in [2.05, 4.69) is 41.0 Å². The van der Waals surface area contributed by atoms with Crippen molar-refractivity contribution in [3.63, 3.8) is 0 Å². The van der Waals surface area contributed by atoms with E-state index < -0.39 is 0 Å². The Hall–Kier alpha value is -2.37. The largest absolute Gasteiger partial charge is 0.483 e. The first-order valence-corrected chi connectivity index (χ1v) is 9.42. The van der Waals surface area contributed by atoms with Crippen LogP contribution in [-0.4, -0.2) is 36.5 Å². The highest BCUT2D eigenvalue weighted by molar-refractivity contribution is 5.84. The first kappa shape index (κ1) is 18.0. The van der Waals surface area contributed by atoms with Crippen molar-refractivity contribution in [1.82, 2.24) is 9.55 Å². The lowest BCUT2D eigenvalue weighted by molar-refractivity contribution is 0.00969. The quantitative estimate of drug-likeness (QED) is 0.622. The molecule has 5 heteroatoms. The van der Waals surface area contributed by atoms with Gasteiger partial charge in [0, 0.05) is 20.1 Å². The van der Waals surface area contributed by atoms with Crippen LogP contribution in [-0.2, 0) is 22.9 Å². The van der Waals surface area contributed by atoms with Crippen LogP contribution in [0.15, 0.2) is 42.5 Å². The molecule has 1 aliphatic rings. The standard InChI is InChI=1S/C22H26N2O3/c1-15-23-20-19(24(15)2)10-9-17-13-18(14-26-12-11-25-3)21(27-22(17)20)16-7-5-4-6-8-16/h4-10,18,21H,11-14H2,1-3H3. The number of imidazole rings is 1. The first-order chi connectivity index (χ1) is 13.2. The molecule has 0 N–H and O–H groups in total. The zero-order chi connectivity index (χ0) is 18.8. The SMILES string of the molecule is COCCOCC1Cc2ccc3c(nc(C)n3C)c2OC1c1ccccc1. The van der Waals surface area contributed by atoms with Crippen molar-refractivity contribution in [1.29, 1.82) is 0 Å². The van der Waals surface area contributed by atoms with Gasteiger partial charge in [-0.3, -0.25) is 0 Å². The van der Waals surface area contributed by atoms with E-state index in [1.54, 1.807) is 7.11 Å². The Morgan fingerprint density at radius 3 is 2.74 bits per heavy atom. The van der Waals surface area contributed by atoms with Crippen molar-refractivity contribution < 1.29 is 14.2 Å². The average Bonchev–Trinajstić information content (AvgIpc) is 2.99. The van der Waals surface area contributed by atoms with Crippen molar-refractivity contribution in [2.45, 2.75) is 19.4 Å². The van der Waals surface area contributed by atoms with Crippen molar-refractivity contribution in [3.05, 3.63) is 59.4 Å². The van der Waals surface area contributed by atoms with Crippen LogP contribution in [0.5, 0.6) is 5.75 Å². The lowest BCUT2D eigenvalue weighted by Crippen LogP contribution is -2.30. The molecule has 0 aliphatic carbocycles. The molecule has 0 radical (unpaired) electrons. The van der Waals surface area contributed by atoms with Crippen LogP contribution >= 0.6 is 0 Å². The Morgan fingerprint density at radius 1 is 1.15 bits per heavy atom. The third-order valence-electron chi connectivity index (χ3n) is 5.36. The third kappa shape index (κ3) is 3.45. The van der Waals surface area contributed by atoms with Gasteiger partial charge in [0.25, 0.3) is 0 Å². The number of rotatable bonds is 6. The summed E-state index contributed by atoms with van der Waals surface area (Å²) in [5, 5.41) is 0. The van der Waals surface area contributed by atoms with Gasteiger partial charge in [-0.1, -0.05) is 36.4 Å². The summed E-state index contributed by atoms with van der Waals surface area (Å²) in [5.74, 6) is 2.15. The number of hydrogen-bond donors (Lipinski definition) is 0. The molecule has 0 amide bonds. The lowest BCUT2D eigenvalue weighted by atomic mass is 9.87. The highest BCUT2D eigenvalue weighted by Crippen LogP contribution is 2.42. The summed E-state index contributed by atoms with van der Waals surface area (Å²) in [7, 11) is 3.73. The van der Waals surface area contributed by atoms with Crippen molar-refractivity contribution in [3.8, 4) is 5.75 Å². The maximum absolute atomic E-state index is 6.58. The van der Waals surface area contributed by atoms with E-state index in [0.29, 0.717) is 19.8 Å². The Bertz CT molecular complexity index is 920. The summed E-state index contributed by atoms with van der Waals surface area (Å²) < 4.78 is 19.6. The maximum atomic E-state index is 6.58. The van der Waals surface area contributed by atoms with Gasteiger partial charge in [0.05, 0.1) is 25.3 Å². The van der Waals surface area contributed by atoms with Crippen LogP contribution in [0, 0.1) is 12.8 Å². The van der Waals surface area contributed by atoms with Crippen molar-refractivity contribution in [2.24, 2.45) is 13.0 Å². The summed E-state index contributed by atoms with van der Waals surface area (Å²) in [6, 6.07) is 14.7. The Kier molecular flexibility index (Phi) is 5.14. The van der Waals surface area contributed by atoms with Crippen LogP contribution in [0.2, 0.25) is 0 Å². The molecule has 0 bridgehead atoms. The molecule has 2 unspecified atom stereocenters. The van der Waals surface area contributed by atoms with E-state index in [-0.39, 0.29) is 12.0 Å². The van der Waals surface area contributed by atoms with Gasteiger partial charge >= 0.3 is 0 Å². The predicted octanol–water partition coefficient (Wildman–Crippen LogP) is 3.84. The van der Waals surface area contributed by atoms with E-state index in [4.69, 9.17) is 19.2 Å². The summed E-state index contributed by atoms with van der Waals surface area (Å²) in [4.78, 5) is 4.76. The summed E-state index contributed by atoms with van der Waals surface area (Å²) in [5.41, 5.74) is 4.43. The second-order valence-electron chi connectivity index (χ2n) is 7.12. The van der Waals surface area contributed by atoms with E-state index in [0.717, 1.165) is 29.0 Å². The zero-order valence-corrected chi connectivity index (χ0v) is 16.1. The van der Waals surface area contributed by atoms with Crippen LogP contribution in [0.25, 0.3) is 11.0 Å². The topological polar surface area (TPSA) is 45.5 Å². The number of hydrogen-bond acceptors (Lipinski definition) is 4. The summed E-state index contributed by atoms with van der Waals surface area (Å²) in [6.07, 6.45) is 0.863.